The number of thiol groups is 1. The maximum Gasteiger partial charge on any atom is 0.411 e. The van der Waals surface area contributed by atoms with Crippen molar-refractivity contribution < 1.29 is 19.1 Å². The van der Waals surface area contributed by atoms with E-state index < -0.39 is 11.7 Å². The van der Waals surface area contributed by atoms with E-state index in [9.17, 15) is 9.59 Å². The van der Waals surface area contributed by atoms with E-state index in [2.05, 4.69) is 47.1 Å². The first-order valence-electron chi connectivity index (χ1n) is 13.7. The minimum Gasteiger partial charge on any atom is -0.448 e. The van der Waals surface area contributed by atoms with Crippen molar-refractivity contribution in [3.05, 3.63) is 82.9 Å². The minimum atomic E-state index is -0.505. The number of fused-ring (bicyclic) bond motifs is 3. The molecular weight excluding hydrogens is 522 g/mol. The van der Waals surface area contributed by atoms with Gasteiger partial charge in [-0.3, -0.25) is 10.2 Å². The molecular formula is C32H37N3O4S. The van der Waals surface area contributed by atoms with Gasteiger partial charge in [-0.1, -0.05) is 48.5 Å². The molecule has 8 heteroatoms. The first-order valence-corrected chi connectivity index (χ1v) is 14.2. The third-order valence-corrected chi connectivity index (χ3v) is 7.76. The summed E-state index contributed by atoms with van der Waals surface area (Å²) in [5, 5.41) is 2.95. The molecule has 0 aromatic heterocycles. The number of ether oxygens (including phenoxy) is 2. The van der Waals surface area contributed by atoms with Crippen LogP contribution in [-0.2, 0) is 16.0 Å². The SMILES string of the molecule is Cc1c(CN2CCN(C(=O)OC(C)(C)C)CC2)cc(S)cc1NC(=O)OCC1c2ccccc2-c2ccccc21. The number of carbonyl (C=O) groups is 2. The molecule has 0 saturated carbocycles. The second-order valence-corrected chi connectivity index (χ2v) is 12.0. The molecule has 1 aliphatic heterocycles. The Labute approximate surface area is 241 Å². The zero-order valence-electron chi connectivity index (χ0n) is 23.6. The number of piperazine rings is 1. The fourth-order valence-electron chi connectivity index (χ4n) is 5.45. The number of nitrogens with one attached hydrogen (secondary N) is 1. The van der Waals surface area contributed by atoms with Crippen LogP contribution < -0.4 is 5.32 Å². The second kappa shape index (κ2) is 11.6. The standard InChI is InChI=1S/C32H37N3O4S/c1-21-22(19-34-13-15-35(16-14-34)31(37)39-32(2,3)4)17-23(40)18-29(21)33-30(36)38-20-28-26-11-7-5-9-24(26)25-10-6-8-12-27(25)28/h5-12,17-18,28,40H,13-16,19-20H2,1-4H3,(H,33,36). The lowest BCUT2D eigenvalue weighted by Gasteiger charge is -2.35. The van der Waals surface area contributed by atoms with Crippen molar-refractivity contribution in [1.82, 2.24) is 9.80 Å². The second-order valence-electron chi connectivity index (χ2n) is 11.5. The number of amides is 2. The van der Waals surface area contributed by atoms with E-state index in [1.165, 1.54) is 22.3 Å². The molecule has 2 aliphatic rings. The van der Waals surface area contributed by atoms with Gasteiger partial charge in [0.1, 0.15) is 12.2 Å². The van der Waals surface area contributed by atoms with Gasteiger partial charge in [0.2, 0.25) is 0 Å². The molecule has 1 aliphatic carbocycles. The lowest BCUT2D eigenvalue weighted by Crippen LogP contribution is -2.49. The quantitative estimate of drug-likeness (QED) is 0.341. The molecule has 7 nitrogen and oxygen atoms in total. The van der Waals surface area contributed by atoms with E-state index in [-0.39, 0.29) is 18.6 Å². The zero-order chi connectivity index (χ0) is 28.4. The van der Waals surface area contributed by atoms with Crippen LogP contribution in [0.4, 0.5) is 15.3 Å². The van der Waals surface area contributed by atoms with Gasteiger partial charge < -0.3 is 14.4 Å². The highest BCUT2D eigenvalue weighted by atomic mass is 32.1. The highest BCUT2D eigenvalue weighted by Gasteiger charge is 2.29. The molecule has 1 N–H and O–H groups in total. The molecule has 2 amide bonds. The summed E-state index contributed by atoms with van der Waals surface area (Å²) in [6.07, 6.45) is -0.754. The summed E-state index contributed by atoms with van der Waals surface area (Å²) in [6, 6.07) is 20.5. The topological polar surface area (TPSA) is 71.1 Å². The molecule has 0 atom stereocenters. The van der Waals surface area contributed by atoms with Crippen molar-refractivity contribution in [2.24, 2.45) is 0 Å². The maximum atomic E-state index is 12.9. The average molecular weight is 560 g/mol. The Morgan fingerprint density at radius 2 is 1.55 bits per heavy atom. The summed E-state index contributed by atoms with van der Waals surface area (Å²) in [5.74, 6) is 0.00497. The van der Waals surface area contributed by atoms with Crippen molar-refractivity contribution in [1.29, 1.82) is 0 Å². The van der Waals surface area contributed by atoms with E-state index in [0.29, 0.717) is 25.3 Å². The first kappa shape index (κ1) is 28.1. The van der Waals surface area contributed by atoms with Crippen molar-refractivity contribution in [3.63, 3.8) is 0 Å². The largest absolute Gasteiger partial charge is 0.448 e. The van der Waals surface area contributed by atoms with Crippen LogP contribution in [-0.4, -0.2) is 60.4 Å². The molecule has 1 saturated heterocycles. The van der Waals surface area contributed by atoms with Crippen LogP contribution in [0.1, 0.15) is 48.9 Å². The Hall–Kier alpha value is -3.49. The highest BCUT2D eigenvalue weighted by molar-refractivity contribution is 7.80. The number of benzene rings is 3. The summed E-state index contributed by atoms with van der Waals surface area (Å²) in [6.45, 7) is 11.3. The van der Waals surface area contributed by atoms with Gasteiger partial charge in [0.05, 0.1) is 0 Å². The van der Waals surface area contributed by atoms with E-state index in [0.717, 1.165) is 29.1 Å². The Balaban J connectivity index is 1.20. The van der Waals surface area contributed by atoms with Gasteiger partial charge in [-0.05, 0) is 73.2 Å². The lowest BCUT2D eigenvalue weighted by molar-refractivity contribution is 0.0139. The Kier molecular flexibility index (Phi) is 8.10. The van der Waals surface area contributed by atoms with Crippen molar-refractivity contribution in [3.8, 4) is 11.1 Å². The predicted octanol–water partition coefficient (Wildman–Crippen LogP) is 6.70. The van der Waals surface area contributed by atoms with E-state index in [1.807, 2.05) is 64.1 Å². The van der Waals surface area contributed by atoms with Crippen LogP contribution in [0.2, 0.25) is 0 Å². The number of hydrogen-bond donors (Lipinski definition) is 2. The van der Waals surface area contributed by atoms with Crippen molar-refractivity contribution in [2.75, 3.05) is 38.1 Å². The Morgan fingerprint density at radius 3 is 2.15 bits per heavy atom. The molecule has 0 bridgehead atoms. The number of anilines is 1. The minimum absolute atomic E-state index is 0.00497. The van der Waals surface area contributed by atoms with Gasteiger partial charge >= 0.3 is 12.2 Å². The smallest absolute Gasteiger partial charge is 0.411 e. The van der Waals surface area contributed by atoms with Gasteiger partial charge in [-0.2, -0.15) is 0 Å². The highest BCUT2D eigenvalue weighted by Crippen LogP contribution is 2.44. The number of nitrogens with zero attached hydrogens (tertiary/aromatic N) is 2. The maximum absolute atomic E-state index is 12.9. The van der Waals surface area contributed by atoms with Gasteiger partial charge in [-0.25, -0.2) is 9.59 Å². The van der Waals surface area contributed by atoms with E-state index >= 15 is 0 Å². The average Bonchev–Trinajstić information content (AvgIpc) is 3.23. The predicted molar refractivity (Wildman–Crippen MR) is 160 cm³/mol. The Morgan fingerprint density at radius 1 is 0.950 bits per heavy atom. The fraction of sp³-hybridized carbons (Fsp3) is 0.375. The molecule has 0 radical (unpaired) electrons. The molecule has 40 heavy (non-hydrogen) atoms. The summed E-state index contributed by atoms with van der Waals surface area (Å²) in [5.41, 5.74) is 6.98. The van der Waals surface area contributed by atoms with E-state index in [4.69, 9.17) is 9.47 Å². The zero-order valence-corrected chi connectivity index (χ0v) is 24.5. The fourth-order valence-corrected chi connectivity index (χ4v) is 5.74. The van der Waals surface area contributed by atoms with Crippen molar-refractivity contribution in [2.45, 2.75) is 50.7 Å². The van der Waals surface area contributed by atoms with E-state index in [1.54, 1.807) is 4.90 Å². The first-order chi connectivity index (χ1) is 19.1. The summed E-state index contributed by atoms with van der Waals surface area (Å²) < 4.78 is 11.3. The molecule has 0 spiro atoms. The molecule has 3 aromatic carbocycles. The van der Waals surface area contributed by atoms with Crippen molar-refractivity contribution >= 4 is 30.5 Å². The molecule has 3 aromatic rings. The van der Waals surface area contributed by atoms with Gasteiger partial charge in [0, 0.05) is 49.2 Å². The van der Waals surface area contributed by atoms with Crippen LogP contribution in [0.15, 0.2) is 65.6 Å². The number of rotatable bonds is 5. The van der Waals surface area contributed by atoms with Gasteiger partial charge in [-0.15, -0.1) is 12.6 Å². The number of hydrogen-bond acceptors (Lipinski definition) is 6. The normalized spacial score (nSPS) is 15.4. The third-order valence-electron chi connectivity index (χ3n) is 7.50. The summed E-state index contributed by atoms with van der Waals surface area (Å²) in [4.78, 5) is 30.2. The molecule has 210 valence electrons. The Bertz CT molecular complexity index is 1360. The van der Waals surface area contributed by atoms with Crippen LogP contribution in [0.5, 0.6) is 0 Å². The lowest BCUT2D eigenvalue weighted by atomic mass is 9.98. The van der Waals surface area contributed by atoms with Gasteiger partial charge in [0.15, 0.2) is 0 Å². The molecule has 5 rings (SSSR count). The summed E-state index contributed by atoms with van der Waals surface area (Å²) >= 11 is 4.60. The molecule has 1 fully saturated rings. The monoisotopic (exact) mass is 559 g/mol. The van der Waals surface area contributed by atoms with Crippen LogP contribution in [0.3, 0.4) is 0 Å². The molecule has 0 unspecified atom stereocenters. The van der Waals surface area contributed by atoms with Crippen LogP contribution >= 0.6 is 12.6 Å². The van der Waals surface area contributed by atoms with Gasteiger partial charge in [0.25, 0.3) is 0 Å². The summed E-state index contributed by atoms with van der Waals surface area (Å²) in [7, 11) is 0. The van der Waals surface area contributed by atoms with Crippen LogP contribution in [0.25, 0.3) is 11.1 Å². The molecule has 1 heterocycles. The van der Waals surface area contributed by atoms with Crippen LogP contribution in [0, 0.1) is 6.92 Å². The number of carbonyl (C=O) groups excluding carboxylic acids is 2. The third kappa shape index (κ3) is 6.29.